The molecule has 8 nitrogen and oxygen atoms in total. The maximum Gasteiger partial charge on any atom is 0.409 e. The number of carbonyl (C=O) groups excluding carboxylic acids is 2. The van der Waals surface area contributed by atoms with Gasteiger partial charge in [0.15, 0.2) is 5.16 Å². The van der Waals surface area contributed by atoms with Gasteiger partial charge in [-0.2, -0.15) is 0 Å². The molecule has 1 aromatic carbocycles. The van der Waals surface area contributed by atoms with Crippen LogP contribution in [0.2, 0.25) is 0 Å². The average molecular weight is 434 g/mol. The number of H-pyrrole nitrogens is 1. The number of nitrogens with zero attached hydrogens (tertiary/aromatic N) is 3. The third-order valence-corrected chi connectivity index (χ3v) is 5.50. The standard InChI is InChI=1S/C20H23FN4O4S/c1-2-29-20(28)25-9-7-24(8-10-25)18(27)12-16-11-17(26)23-19(22-16)30-13-14-3-5-15(21)6-4-14/h3-6,11H,2,7-10,12-13H2,1H3,(H,22,23,26). The molecule has 2 amide bonds. The molecular weight excluding hydrogens is 411 g/mol. The fourth-order valence-corrected chi connectivity index (χ4v) is 3.85. The van der Waals surface area contributed by atoms with Gasteiger partial charge < -0.3 is 19.5 Å². The molecule has 0 atom stereocenters. The van der Waals surface area contributed by atoms with Gasteiger partial charge in [0, 0.05) is 38.0 Å². The molecule has 0 bridgehead atoms. The Morgan fingerprint density at radius 2 is 1.83 bits per heavy atom. The number of thioether (sulfide) groups is 1. The van der Waals surface area contributed by atoms with E-state index >= 15 is 0 Å². The molecule has 0 spiro atoms. The minimum absolute atomic E-state index is 0.00738. The summed E-state index contributed by atoms with van der Waals surface area (Å²) in [5.74, 6) is 0.0566. The third-order valence-electron chi connectivity index (χ3n) is 4.55. The van der Waals surface area contributed by atoms with Crippen molar-refractivity contribution in [2.45, 2.75) is 24.3 Å². The van der Waals surface area contributed by atoms with Crippen molar-refractivity contribution >= 4 is 23.8 Å². The highest BCUT2D eigenvalue weighted by Crippen LogP contribution is 2.19. The number of ether oxygens (including phenoxy) is 1. The molecule has 1 saturated heterocycles. The maximum absolute atomic E-state index is 13.0. The number of hydrogen-bond donors (Lipinski definition) is 1. The predicted molar refractivity (Wildman–Crippen MR) is 110 cm³/mol. The molecule has 0 radical (unpaired) electrons. The molecule has 160 valence electrons. The van der Waals surface area contributed by atoms with Crippen LogP contribution in [0.4, 0.5) is 9.18 Å². The van der Waals surface area contributed by atoms with Gasteiger partial charge in [-0.1, -0.05) is 23.9 Å². The number of aromatic amines is 1. The second-order valence-electron chi connectivity index (χ2n) is 6.70. The lowest BCUT2D eigenvalue weighted by Gasteiger charge is -2.34. The first-order chi connectivity index (χ1) is 14.4. The Labute approximate surface area is 177 Å². The number of rotatable bonds is 6. The van der Waals surface area contributed by atoms with Crippen LogP contribution in [0.1, 0.15) is 18.2 Å². The number of halogens is 1. The van der Waals surface area contributed by atoms with Gasteiger partial charge in [0.05, 0.1) is 18.7 Å². The van der Waals surface area contributed by atoms with Gasteiger partial charge in [0.1, 0.15) is 5.82 Å². The lowest BCUT2D eigenvalue weighted by atomic mass is 10.2. The first-order valence-electron chi connectivity index (χ1n) is 9.61. The summed E-state index contributed by atoms with van der Waals surface area (Å²) in [5, 5.41) is 0.404. The second kappa shape index (κ2) is 10.2. The number of aromatic nitrogens is 2. The molecule has 10 heteroatoms. The number of hydrogen-bond acceptors (Lipinski definition) is 6. The Morgan fingerprint density at radius 3 is 2.50 bits per heavy atom. The lowest BCUT2D eigenvalue weighted by molar-refractivity contribution is -0.132. The van der Waals surface area contributed by atoms with E-state index in [0.717, 1.165) is 5.56 Å². The molecule has 1 aromatic heterocycles. The van der Waals surface area contributed by atoms with Gasteiger partial charge in [-0.3, -0.25) is 9.59 Å². The van der Waals surface area contributed by atoms with Crippen molar-refractivity contribution < 1.29 is 18.7 Å². The average Bonchev–Trinajstić information content (AvgIpc) is 2.73. The molecule has 1 N–H and O–H groups in total. The number of carbonyl (C=O) groups is 2. The summed E-state index contributed by atoms with van der Waals surface area (Å²) in [6.45, 7) is 3.70. The molecule has 0 unspecified atom stereocenters. The minimum Gasteiger partial charge on any atom is -0.450 e. The zero-order valence-electron chi connectivity index (χ0n) is 16.6. The van der Waals surface area contributed by atoms with E-state index in [9.17, 15) is 18.8 Å². The normalized spacial score (nSPS) is 13.9. The molecule has 1 fully saturated rings. The molecule has 3 rings (SSSR count). The Morgan fingerprint density at radius 1 is 1.17 bits per heavy atom. The van der Waals surface area contributed by atoms with E-state index < -0.39 is 0 Å². The van der Waals surface area contributed by atoms with Crippen molar-refractivity contribution in [3.63, 3.8) is 0 Å². The van der Waals surface area contributed by atoms with Crippen LogP contribution >= 0.6 is 11.8 Å². The Hall–Kier alpha value is -2.88. The van der Waals surface area contributed by atoms with Crippen LogP contribution < -0.4 is 5.56 Å². The first kappa shape index (κ1) is 21.8. The van der Waals surface area contributed by atoms with Crippen LogP contribution in [0.25, 0.3) is 0 Å². The van der Waals surface area contributed by atoms with E-state index in [4.69, 9.17) is 4.74 Å². The van der Waals surface area contributed by atoms with Crippen molar-refractivity contribution in [2.24, 2.45) is 0 Å². The molecule has 30 heavy (non-hydrogen) atoms. The molecule has 0 saturated carbocycles. The molecule has 1 aliphatic rings. The molecule has 1 aliphatic heterocycles. The van der Waals surface area contributed by atoms with Gasteiger partial charge >= 0.3 is 6.09 Å². The summed E-state index contributed by atoms with van der Waals surface area (Å²) in [7, 11) is 0. The van der Waals surface area contributed by atoms with Crippen LogP contribution in [-0.4, -0.2) is 64.6 Å². The van der Waals surface area contributed by atoms with Gasteiger partial charge in [-0.15, -0.1) is 0 Å². The SMILES string of the molecule is CCOC(=O)N1CCN(C(=O)Cc2cc(=O)[nH]c(SCc3ccc(F)cc3)n2)CC1. The first-order valence-corrected chi connectivity index (χ1v) is 10.6. The summed E-state index contributed by atoms with van der Waals surface area (Å²) in [6, 6.07) is 7.41. The second-order valence-corrected chi connectivity index (χ2v) is 7.66. The van der Waals surface area contributed by atoms with Crippen LogP contribution in [0.3, 0.4) is 0 Å². The van der Waals surface area contributed by atoms with Gasteiger partial charge in [0.2, 0.25) is 5.91 Å². The quantitative estimate of drug-likeness (QED) is 0.552. The van der Waals surface area contributed by atoms with Crippen molar-refractivity contribution in [1.82, 2.24) is 19.8 Å². The number of amides is 2. The monoisotopic (exact) mass is 434 g/mol. The minimum atomic E-state index is -0.372. The maximum atomic E-state index is 13.0. The van der Waals surface area contributed by atoms with E-state index in [-0.39, 0.29) is 29.8 Å². The van der Waals surface area contributed by atoms with E-state index in [0.29, 0.717) is 49.4 Å². The van der Waals surface area contributed by atoms with Crippen LogP contribution in [0, 0.1) is 5.82 Å². The fourth-order valence-electron chi connectivity index (χ4n) is 2.99. The lowest BCUT2D eigenvalue weighted by Crippen LogP contribution is -2.51. The van der Waals surface area contributed by atoms with Crippen molar-refractivity contribution in [1.29, 1.82) is 0 Å². The largest absolute Gasteiger partial charge is 0.450 e. The highest BCUT2D eigenvalue weighted by molar-refractivity contribution is 7.98. The molecular formula is C20H23FN4O4S. The molecule has 2 aromatic rings. The van der Waals surface area contributed by atoms with E-state index in [2.05, 4.69) is 9.97 Å². The van der Waals surface area contributed by atoms with E-state index in [1.54, 1.807) is 28.9 Å². The highest BCUT2D eigenvalue weighted by Gasteiger charge is 2.25. The molecule has 0 aliphatic carbocycles. The smallest absolute Gasteiger partial charge is 0.409 e. The van der Waals surface area contributed by atoms with E-state index in [1.165, 1.54) is 30.0 Å². The van der Waals surface area contributed by atoms with Crippen molar-refractivity contribution in [2.75, 3.05) is 32.8 Å². The van der Waals surface area contributed by atoms with Gasteiger partial charge in [-0.25, -0.2) is 14.2 Å². The topological polar surface area (TPSA) is 95.6 Å². The Balaban J connectivity index is 1.56. The third kappa shape index (κ3) is 6.06. The van der Waals surface area contributed by atoms with Crippen LogP contribution in [-0.2, 0) is 21.7 Å². The summed E-state index contributed by atoms with van der Waals surface area (Å²) in [5.41, 5.74) is 0.949. The van der Waals surface area contributed by atoms with Crippen molar-refractivity contribution in [3.05, 3.63) is 57.8 Å². The van der Waals surface area contributed by atoms with Gasteiger partial charge in [-0.05, 0) is 24.6 Å². The van der Waals surface area contributed by atoms with Crippen molar-refractivity contribution in [3.8, 4) is 0 Å². The number of benzene rings is 1. The van der Waals surface area contributed by atoms with Crippen LogP contribution in [0.5, 0.6) is 0 Å². The fraction of sp³-hybridized carbons (Fsp3) is 0.400. The Bertz CT molecular complexity index is 943. The summed E-state index contributed by atoms with van der Waals surface area (Å²) in [6.07, 6.45) is -0.364. The highest BCUT2D eigenvalue weighted by atomic mass is 32.2. The van der Waals surface area contributed by atoms with E-state index in [1.807, 2.05) is 0 Å². The van der Waals surface area contributed by atoms with Crippen LogP contribution in [0.15, 0.2) is 40.3 Å². The number of piperazine rings is 1. The summed E-state index contributed by atoms with van der Waals surface area (Å²) >= 11 is 1.31. The zero-order valence-corrected chi connectivity index (χ0v) is 17.4. The summed E-state index contributed by atoms with van der Waals surface area (Å²) < 4.78 is 18.0. The Kier molecular flexibility index (Phi) is 7.45. The number of nitrogens with one attached hydrogen (secondary N) is 1. The summed E-state index contributed by atoms with van der Waals surface area (Å²) in [4.78, 5) is 46.6. The molecule has 2 heterocycles. The van der Waals surface area contributed by atoms with Gasteiger partial charge in [0.25, 0.3) is 5.56 Å². The zero-order chi connectivity index (χ0) is 21.5. The predicted octanol–water partition coefficient (Wildman–Crippen LogP) is 2.04.